The lowest BCUT2D eigenvalue weighted by molar-refractivity contribution is -0.141. The minimum absolute atomic E-state index is 0.243. The van der Waals surface area contributed by atoms with Gasteiger partial charge in [-0.2, -0.15) is 17.6 Å². The van der Waals surface area contributed by atoms with Gasteiger partial charge >= 0.3 is 6.18 Å². The lowest BCUT2D eigenvalue weighted by Crippen LogP contribution is -2.08. The van der Waals surface area contributed by atoms with Gasteiger partial charge in [0.2, 0.25) is 5.95 Å². The van der Waals surface area contributed by atoms with E-state index in [1.54, 1.807) is 0 Å². The quantitative estimate of drug-likeness (QED) is 0.217. The fourth-order valence-corrected chi connectivity index (χ4v) is 4.24. The Bertz CT molecular complexity index is 1230. The molecule has 0 bridgehead atoms. The lowest BCUT2D eigenvalue weighted by atomic mass is 10.1. The molecule has 166 valence electrons. The van der Waals surface area contributed by atoms with Crippen molar-refractivity contribution in [3.05, 3.63) is 71.7 Å². The van der Waals surface area contributed by atoms with Crippen LogP contribution < -0.4 is 5.32 Å². The van der Waals surface area contributed by atoms with Crippen LogP contribution in [-0.4, -0.2) is 26.6 Å². The van der Waals surface area contributed by atoms with Crippen molar-refractivity contribution in [2.75, 3.05) is 11.9 Å². The molecule has 5 nitrogen and oxygen atoms in total. The smallest absolute Gasteiger partial charge is 0.390 e. The van der Waals surface area contributed by atoms with Crippen LogP contribution in [0.5, 0.6) is 0 Å². The van der Waals surface area contributed by atoms with Crippen molar-refractivity contribution in [3.63, 3.8) is 0 Å². The van der Waals surface area contributed by atoms with E-state index in [4.69, 9.17) is 0 Å². The minimum Gasteiger partial charge on any atom is -0.390 e. The Morgan fingerprint density at radius 3 is 2.56 bits per heavy atom. The maximum Gasteiger partial charge on any atom is 0.433 e. The number of aliphatic hydroxyl groups is 1. The van der Waals surface area contributed by atoms with Gasteiger partial charge in [0.1, 0.15) is 5.69 Å². The number of alkyl halides is 3. The summed E-state index contributed by atoms with van der Waals surface area (Å²) in [4.78, 5) is 12.3. The Morgan fingerprint density at radius 1 is 1.00 bits per heavy atom. The van der Waals surface area contributed by atoms with Crippen molar-refractivity contribution >= 4 is 27.2 Å². The van der Waals surface area contributed by atoms with Crippen molar-refractivity contribution in [2.45, 2.75) is 25.6 Å². The van der Waals surface area contributed by atoms with Crippen molar-refractivity contribution in [2.24, 2.45) is 0 Å². The predicted molar refractivity (Wildman–Crippen MR) is 115 cm³/mol. The third kappa shape index (κ3) is 5.03. The van der Waals surface area contributed by atoms with E-state index in [0.717, 1.165) is 21.9 Å². The van der Waals surface area contributed by atoms with Gasteiger partial charge in [0.15, 0.2) is 5.13 Å². The Labute approximate surface area is 184 Å². The highest BCUT2D eigenvalue weighted by atomic mass is 32.1. The van der Waals surface area contributed by atoms with Crippen LogP contribution in [0.4, 0.5) is 22.7 Å². The SMILES string of the molecule is OCc1nc(NCCCc2ccc(C(F)(F)F)nc2)sc1-c1ccc2cnc(F)cc2c1. The summed E-state index contributed by atoms with van der Waals surface area (Å²) >= 11 is 1.37. The molecular weight excluding hydrogens is 444 g/mol. The molecule has 0 radical (unpaired) electrons. The van der Waals surface area contributed by atoms with E-state index < -0.39 is 17.8 Å². The van der Waals surface area contributed by atoms with Crippen molar-refractivity contribution in [3.8, 4) is 10.4 Å². The zero-order chi connectivity index (χ0) is 22.7. The van der Waals surface area contributed by atoms with E-state index in [9.17, 15) is 22.7 Å². The Hall–Kier alpha value is -3.11. The zero-order valence-electron chi connectivity index (χ0n) is 16.7. The van der Waals surface area contributed by atoms with Gasteiger partial charge in [-0.1, -0.05) is 29.5 Å². The second kappa shape index (κ2) is 9.17. The maximum atomic E-state index is 13.5. The molecule has 10 heteroatoms. The second-order valence-electron chi connectivity index (χ2n) is 7.10. The number of benzene rings is 1. The normalized spacial score (nSPS) is 11.8. The number of hydrogen-bond acceptors (Lipinski definition) is 6. The number of aromatic nitrogens is 3. The van der Waals surface area contributed by atoms with Gasteiger partial charge in [-0.15, -0.1) is 0 Å². The van der Waals surface area contributed by atoms with E-state index in [1.807, 2.05) is 18.2 Å². The first-order valence-electron chi connectivity index (χ1n) is 9.76. The lowest BCUT2D eigenvalue weighted by Gasteiger charge is -2.07. The first kappa shape index (κ1) is 22.1. The van der Waals surface area contributed by atoms with Crippen LogP contribution >= 0.6 is 11.3 Å². The summed E-state index contributed by atoms with van der Waals surface area (Å²) in [6.45, 7) is 0.306. The summed E-state index contributed by atoms with van der Waals surface area (Å²) in [6, 6.07) is 9.30. The van der Waals surface area contributed by atoms with Gasteiger partial charge in [0.05, 0.1) is 17.2 Å². The van der Waals surface area contributed by atoms with Gasteiger partial charge in [0.25, 0.3) is 0 Å². The van der Waals surface area contributed by atoms with Crippen molar-refractivity contribution in [1.82, 2.24) is 15.0 Å². The number of fused-ring (bicyclic) bond motifs is 1. The number of anilines is 1. The molecule has 0 saturated heterocycles. The van der Waals surface area contributed by atoms with E-state index in [1.165, 1.54) is 35.9 Å². The Morgan fingerprint density at radius 2 is 1.84 bits per heavy atom. The van der Waals surface area contributed by atoms with E-state index in [-0.39, 0.29) is 6.61 Å². The molecule has 2 N–H and O–H groups in total. The topological polar surface area (TPSA) is 70.9 Å². The number of rotatable bonds is 7. The molecule has 0 fully saturated rings. The van der Waals surface area contributed by atoms with Crippen LogP contribution in [0.3, 0.4) is 0 Å². The van der Waals surface area contributed by atoms with Crippen molar-refractivity contribution < 1.29 is 22.7 Å². The molecule has 3 aromatic heterocycles. The number of halogens is 4. The van der Waals surface area contributed by atoms with Crippen LogP contribution in [0.15, 0.2) is 48.8 Å². The first-order chi connectivity index (χ1) is 15.3. The third-order valence-electron chi connectivity index (χ3n) is 4.83. The minimum atomic E-state index is -4.44. The molecule has 3 heterocycles. The van der Waals surface area contributed by atoms with E-state index in [2.05, 4.69) is 20.3 Å². The monoisotopic (exact) mass is 462 g/mol. The van der Waals surface area contributed by atoms with Crippen LogP contribution in [-0.2, 0) is 19.2 Å². The number of aryl methyl sites for hydroxylation is 1. The Kier molecular flexibility index (Phi) is 6.33. The van der Waals surface area contributed by atoms with Gasteiger partial charge in [-0.25, -0.2) is 9.97 Å². The third-order valence-corrected chi connectivity index (χ3v) is 5.94. The zero-order valence-corrected chi connectivity index (χ0v) is 17.5. The second-order valence-corrected chi connectivity index (χ2v) is 8.10. The van der Waals surface area contributed by atoms with E-state index >= 15 is 0 Å². The molecule has 0 unspecified atom stereocenters. The van der Waals surface area contributed by atoms with Crippen LogP contribution in [0.25, 0.3) is 21.2 Å². The largest absolute Gasteiger partial charge is 0.433 e. The number of thiazole rings is 1. The average molecular weight is 462 g/mol. The van der Waals surface area contributed by atoms with E-state index in [0.29, 0.717) is 41.2 Å². The number of hydrogen-bond donors (Lipinski definition) is 2. The molecule has 0 amide bonds. The fraction of sp³-hybridized carbons (Fsp3) is 0.227. The average Bonchev–Trinajstić information content (AvgIpc) is 3.19. The summed E-state index contributed by atoms with van der Waals surface area (Å²) in [7, 11) is 0. The highest BCUT2D eigenvalue weighted by molar-refractivity contribution is 7.19. The highest BCUT2D eigenvalue weighted by Crippen LogP contribution is 2.35. The number of nitrogens with one attached hydrogen (secondary N) is 1. The number of nitrogens with zero attached hydrogens (tertiary/aromatic N) is 3. The van der Waals surface area contributed by atoms with Crippen LogP contribution in [0.1, 0.15) is 23.4 Å². The summed E-state index contributed by atoms with van der Waals surface area (Å²) in [5.74, 6) is -0.563. The van der Waals surface area contributed by atoms with Gasteiger partial charge < -0.3 is 10.4 Å². The molecule has 0 atom stereocenters. The highest BCUT2D eigenvalue weighted by Gasteiger charge is 2.31. The van der Waals surface area contributed by atoms with Crippen LogP contribution in [0, 0.1) is 5.95 Å². The maximum absolute atomic E-state index is 13.5. The van der Waals surface area contributed by atoms with Gasteiger partial charge in [0, 0.05) is 30.4 Å². The number of aliphatic hydroxyl groups excluding tert-OH is 1. The van der Waals surface area contributed by atoms with Crippen molar-refractivity contribution in [1.29, 1.82) is 0 Å². The molecule has 0 aliphatic carbocycles. The number of pyridine rings is 2. The molecule has 0 aliphatic heterocycles. The fourth-order valence-electron chi connectivity index (χ4n) is 3.24. The van der Waals surface area contributed by atoms with Gasteiger partial charge in [-0.05, 0) is 41.5 Å². The molecule has 4 aromatic rings. The first-order valence-corrected chi connectivity index (χ1v) is 10.6. The molecule has 4 rings (SSSR count). The standard InChI is InChI=1S/C22H18F4N4OS/c23-19-9-16-8-14(4-5-15(16)11-29-19)20-17(12-31)30-21(32-20)27-7-1-2-13-3-6-18(28-10-13)22(24,25)26/h3-6,8-11,31H,1-2,7,12H2,(H,27,30). The predicted octanol–water partition coefficient (Wildman–Crippen LogP) is 5.45. The summed E-state index contributed by atoms with van der Waals surface area (Å²) in [5.41, 5.74) is 1.14. The molecule has 0 saturated carbocycles. The molecule has 32 heavy (non-hydrogen) atoms. The Balaban J connectivity index is 1.40. The summed E-state index contributed by atoms with van der Waals surface area (Å²) < 4.78 is 51.2. The molecule has 0 spiro atoms. The summed E-state index contributed by atoms with van der Waals surface area (Å²) in [6.07, 6.45) is -0.505. The molecule has 1 aromatic carbocycles. The summed E-state index contributed by atoms with van der Waals surface area (Å²) in [5, 5.41) is 15.0. The molecule has 0 aliphatic rings. The van der Waals surface area contributed by atoms with Gasteiger partial charge in [-0.3, -0.25) is 4.98 Å². The molecular formula is C22H18F4N4OS. The van der Waals surface area contributed by atoms with Crippen LogP contribution in [0.2, 0.25) is 0 Å².